The summed E-state index contributed by atoms with van der Waals surface area (Å²) in [5.41, 5.74) is 1.22. The van der Waals surface area contributed by atoms with Gasteiger partial charge in [-0.1, -0.05) is 26.8 Å². The zero-order valence-corrected chi connectivity index (χ0v) is 10.5. The molecule has 2 rings (SSSR count). The van der Waals surface area contributed by atoms with Gasteiger partial charge < -0.3 is 5.32 Å². The predicted molar refractivity (Wildman–Crippen MR) is 67.4 cm³/mol. The highest BCUT2D eigenvalue weighted by atomic mass is 14.9. The van der Waals surface area contributed by atoms with E-state index in [1.165, 1.54) is 12.1 Å². The molecule has 16 heavy (non-hydrogen) atoms. The summed E-state index contributed by atoms with van der Waals surface area (Å²) in [4.78, 5) is 4.48. The normalized spacial score (nSPS) is 27.4. The van der Waals surface area contributed by atoms with Gasteiger partial charge in [-0.05, 0) is 36.9 Å². The monoisotopic (exact) mass is 218 g/mol. The second-order valence-electron chi connectivity index (χ2n) is 5.00. The summed E-state index contributed by atoms with van der Waals surface area (Å²) in [5.74, 6) is 2.24. The van der Waals surface area contributed by atoms with Crippen LogP contribution >= 0.6 is 0 Å². The van der Waals surface area contributed by atoms with Crippen molar-refractivity contribution in [1.29, 1.82) is 0 Å². The first-order valence-electron chi connectivity index (χ1n) is 6.38. The molecule has 1 aliphatic rings. The lowest BCUT2D eigenvalue weighted by atomic mass is 9.93. The molecule has 4 unspecified atom stereocenters. The zero-order valence-electron chi connectivity index (χ0n) is 10.5. The number of hydrogen-bond acceptors (Lipinski definition) is 2. The van der Waals surface area contributed by atoms with Gasteiger partial charge in [0.15, 0.2) is 0 Å². The Bertz CT molecular complexity index is 323. The molecule has 2 nitrogen and oxygen atoms in total. The Morgan fingerprint density at radius 2 is 2.25 bits per heavy atom. The molecule has 1 N–H and O–H groups in total. The number of nitrogens with zero attached hydrogens (tertiary/aromatic N) is 1. The summed E-state index contributed by atoms with van der Waals surface area (Å²) < 4.78 is 0. The third-order valence-electron chi connectivity index (χ3n) is 3.77. The Balaban J connectivity index is 2.08. The van der Waals surface area contributed by atoms with Crippen LogP contribution in [0.4, 0.5) is 0 Å². The molecular formula is C14H22N2. The second kappa shape index (κ2) is 4.96. The molecule has 1 aromatic rings. The van der Waals surface area contributed by atoms with Crippen LogP contribution in [0.1, 0.15) is 38.8 Å². The van der Waals surface area contributed by atoms with Gasteiger partial charge in [-0.25, -0.2) is 0 Å². The molecule has 1 heterocycles. The third-order valence-corrected chi connectivity index (χ3v) is 3.77. The van der Waals surface area contributed by atoms with E-state index in [0.717, 1.165) is 18.4 Å². The average molecular weight is 218 g/mol. The standard InChI is InChI=1S/C14H22N2/c1-4-15-14(12-9-10(12)2)11(3)13-7-5-6-8-16-13/h5-8,10-12,14-15H,4,9H2,1-3H3. The fourth-order valence-electron chi connectivity index (χ4n) is 2.62. The van der Waals surface area contributed by atoms with Crippen LogP contribution in [0.3, 0.4) is 0 Å². The van der Waals surface area contributed by atoms with Gasteiger partial charge in [0.05, 0.1) is 0 Å². The molecule has 0 spiro atoms. The van der Waals surface area contributed by atoms with E-state index < -0.39 is 0 Å². The largest absolute Gasteiger partial charge is 0.313 e. The molecule has 0 saturated heterocycles. The first-order chi connectivity index (χ1) is 7.74. The van der Waals surface area contributed by atoms with Gasteiger partial charge in [-0.2, -0.15) is 0 Å². The minimum atomic E-state index is 0.510. The van der Waals surface area contributed by atoms with E-state index in [4.69, 9.17) is 0 Å². The lowest BCUT2D eigenvalue weighted by Gasteiger charge is -2.24. The minimum Gasteiger partial charge on any atom is -0.313 e. The summed E-state index contributed by atoms with van der Waals surface area (Å²) in [6.45, 7) is 7.87. The Morgan fingerprint density at radius 1 is 1.50 bits per heavy atom. The topological polar surface area (TPSA) is 24.9 Å². The Hall–Kier alpha value is -0.890. The summed E-state index contributed by atoms with van der Waals surface area (Å²) in [7, 11) is 0. The molecule has 1 aromatic heterocycles. The van der Waals surface area contributed by atoms with E-state index in [2.05, 4.69) is 43.2 Å². The average Bonchev–Trinajstić information content (AvgIpc) is 3.03. The molecule has 1 saturated carbocycles. The van der Waals surface area contributed by atoms with Crippen LogP contribution in [0.2, 0.25) is 0 Å². The molecule has 0 radical (unpaired) electrons. The number of nitrogens with one attached hydrogen (secondary N) is 1. The summed E-state index contributed by atoms with van der Waals surface area (Å²) in [6.07, 6.45) is 3.26. The van der Waals surface area contributed by atoms with Crippen LogP contribution in [0, 0.1) is 11.8 Å². The van der Waals surface area contributed by atoms with E-state index in [-0.39, 0.29) is 0 Å². The molecule has 1 aliphatic carbocycles. The van der Waals surface area contributed by atoms with Crippen molar-refractivity contribution in [3.63, 3.8) is 0 Å². The Labute approximate surface area is 98.5 Å². The fourth-order valence-corrected chi connectivity index (χ4v) is 2.62. The van der Waals surface area contributed by atoms with Gasteiger partial charge >= 0.3 is 0 Å². The van der Waals surface area contributed by atoms with Crippen LogP contribution in [-0.4, -0.2) is 17.6 Å². The fraction of sp³-hybridized carbons (Fsp3) is 0.643. The van der Waals surface area contributed by atoms with Crippen molar-refractivity contribution in [3.05, 3.63) is 30.1 Å². The molecule has 2 heteroatoms. The maximum Gasteiger partial charge on any atom is 0.0447 e. The molecule has 88 valence electrons. The van der Waals surface area contributed by atoms with Gasteiger partial charge in [-0.3, -0.25) is 4.98 Å². The first-order valence-corrected chi connectivity index (χ1v) is 6.38. The lowest BCUT2D eigenvalue weighted by Crippen LogP contribution is -2.36. The van der Waals surface area contributed by atoms with Crippen molar-refractivity contribution < 1.29 is 0 Å². The maximum absolute atomic E-state index is 4.48. The summed E-state index contributed by atoms with van der Waals surface area (Å²) >= 11 is 0. The minimum absolute atomic E-state index is 0.510. The van der Waals surface area contributed by atoms with Gasteiger partial charge in [0.1, 0.15) is 0 Å². The van der Waals surface area contributed by atoms with E-state index in [1.54, 1.807) is 0 Å². The predicted octanol–water partition coefficient (Wildman–Crippen LogP) is 2.82. The number of hydrogen-bond donors (Lipinski definition) is 1. The summed E-state index contributed by atoms with van der Waals surface area (Å²) in [5, 5.41) is 3.63. The lowest BCUT2D eigenvalue weighted by molar-refractivity contribution is 0.397. The molecule has 4 atom stereocenters. The third kappa shape index (κ3) is 2.43. The van der Waals surface area contributed by atoms with Crippen LogP contribution < -0.4 is 5.32 Å². The van der Waals surface area contributed by atoms with E-state index in [0.29, 0.717) is 12.0 Å². The molecule has 0 bridgehead atoms. The zero-order chi connectivity index (χ0) is 11.5. The van der Waals surface area contributed by atoms with Crippen molar-refractivity contribution in [2.45, 2.75) is 39.2 Å². The summed E-state index contributed by atoms with van der Waals surface area (Å²) in [6, 6.07) is 6.80. The molecule has 0 amide bonds. The first kappa shape index (κ1) is 11.6. The highest BCUT2D eigenvalue weighted by Crippen LogP contribution is 2.44. The van der Waals surface area contributed by atoms with E-state index >= 15 is 0 Å². The van der Waals surface area contributed by atoms with Gasteiger partial charge in [0.25, 0.3) is 0 Å². The SMILES string of the molecule is CCNC(C(C)c1ccccn1)C1CC1C. The number of likely N-dealkylation sites (N-methyl/N-ethyl adjacent to an activating group) is 1. The van der Waals surface area contributed by atoms with Crippen molar-refractivity contribution in [2.75, 3.05) is 6.54 Å². The van der Waals surface area contributed by atoms with Crippen molar-refractivity contribution in [2.24, 2.45) is 11.8 Å². The maximum atomic E-state index is 4.48. The Morgan fingerprint density at radius 3 is 2.75 bits per heavy atom. The van der Waals surface area contributed by atoms with Crippen molar-refractivity contribution in [3.8, 4) is 0 Å². The molecule has 1 fully saturated rings. The molecule has 0 aliphatic heterocycles. The smallest absolute Gasteiger partial charge is 0.0447 e. The highest BCUT2D eigenvalue weighted by Gasteiger charge is 2.41. The highest BCUT2D eigenvalue weighted by molar-refractivity contribution is 5.13. The van der Waals surface area contributed by atoms with Crippen LogP contribution in [0.25, 0.3) is 0 Å². The molecule has 0 aromatic carbocycles. The number of aromatic nitrogens is 1. The van der Waals surface area contributed by atoms with Crippen molar-refractivity contribution in [1.82, 2.24) is 10.3 Å². The second-order valence-corrected chi connectivity index (χ2v) is 5.00. The number of rotatable bonds is 5. The quantitative estimate of drug-likeness (QED) is 0.822. The van der Waals surface area contributed by atoms with Crippen LogP contribution in [0.5, 0.6) is 0 Å². The number of pyridine rings is 1. The van der Waals surface area contributed by atoms with Crippen LogP contribution in [-0.2, 0) is 0 Å². The van der Waals surface area contributed by atoms with Gasteiger partial charge in [0.2, 0.25) is 0 Å². The van der Waals surface area contributed by atoms with Crippen LogP contribution in [0.15, 0.2) is 24.4 Å². The van der Waals surface area contributed by atoms with Crippen molar-refractivity contribution >= 4 is 0 Å². The van der Waals surface area contributed by atoms with E-state index in [1.807, 2.05) is 12.3 Å². The molecular weight excluding hydrogens is 196 g/mol. The van der Waals surface area contributed by atoms with E-state index in [9.17, 15) is 0 Å². The van der Waals surface area contributed by atoms with Gasteiger partial charge in [-0.15, -0.1) is 0 Å². The Kier molecular flexibility index (Phi) is 3.59. The van der Waals surface area contributed by atoms with Gasteiger partial charge in [0, 0.05) is 23.9 Å².